The monoisotopic (exact) mass is 293 g/mol. The molecule has 0 bridgehead atoms. The quantitative estimate of drug-likeness (QED) is 0.860. The summed E-state index contributed by atoms with van der Waals surface area (Å²) in [7, 11) is 1.60. The Hall–Kier alpha value is -1.59. The van der Waals surface area contributed by atoms with Crippen molar-refractivity contribution in [2.75, 3.05) is 25.5 Å². The van der Waals surface area contributed by atoms with Crippen molar-refractivity contribution in [1.82, 2.24) is 0 Å². The van der Waals surface area contributed by atoms with Crippen molar-refractivity contribution in [3.05, 3.63) is 24.3 Å². The number of anilines is 1. The van der Waals surface area contributed by atoms with Gasteiger partial charge in [-0.15, -0.1) is 0 Å². The molecule has 1 amide bonds. The fraction of sp³-hybridized carbons (Fsp3) is 0.562. The third kappa shape index (κ3) is 3.95. The van der Waals surface area contributed by atoms with Crippen molar-refractivity contribution < 1.29 is 19.2 Å². The minimum absolute atomic E-state index is 0.0100. The van der Waals surface area contributed by atoms with E-state index < -0.39 is 0 Å². The van der Waals surface area contributed by atoms with Gasteiger partial charge in [0.1, 0.15) is 31.0 Å². The normalized spacial score (nSPS) is 27.0. The average Bonchev–Trinajstić information content (AvgIpc) is 2.46. The van der Waals surface area contributed by atoms with Gasteiger partial charge in [-0.3, -0.25) is 4.79 Å². The average molecular weight is 293 g/mol. The van der Waals surface area contributed by atoms with E-state index >= 15 is 0 Å². The number of methoxy groups -OCH3 is 1. The van der Waals surface area contributed by atoms with Crippen LogP contribution in [0.2, 0.25) is 0 Å². The van der Waals surface area contributed by atoms with Gasteiger partial charge in [-0.2, -0.15) is 0 Å². The summed E-state index contributed by atoms with van der Waals surface area (Å²) >= 11 is 0. The van der Waals surface area contributed by atoms with Crippen molar-refractivity contribution >= 4 is 11.6 Å². The van der Waals surface area contributed by atoms with E-state index in [9.17, 15) is 4.79 Å². The Morgan fingerprint density at radius 3 is 2.57 bits per heavy atom. The van der Waals surface area contributed by atoms with Crippen LogP contribution in [0.15, 0.2) is 24.3 Å². The predicted molar refractivity (Wildman–Crippen MR) is 81.8 cm³/mol. The maximum absolute atomic E-state index is 12.5. The highest BCUT2D eigenvalue weighted by Crippen LogP contribution is 2.22. The number of hydrogen-bond acceptors (Lipinski definition) is 3. The van der Waals surface area contributed by atoms with Gasteiger partial charge in [-0.05, 0) is 32.9 Å². The number of amides is 1. The van der Waals surface area contributed by atoms with E-state index in [1.807, 2.05) is 31.2 Å². The summed E-state index contributed by atoms with van der Waals surface area (Å²) in [6, 6.07) is 7.34. The third-order valence-electron chi connectivity index (χ3n) is 3.93. The minimum Gasteiger partial charge on any atom is -0.495 e. The molecule has 0 saturated carbocycles. The van der Waals surface area contributed by atoms with Crippen LogP contribution >= 0.6 is 0 Å². The number of carbonyl (C=O) groups is 1. The fourth-order valence-corrected chi connectivity index (χ4v) is 2.84. The molecule has 1 aliphatic rings. The lowest BCUT2D eigenvalue weighted by Crippen LogP contribution is -3.19. The zero-order valence-corrected chi connectivity index (χ0v) is 13.2. The van der Waals surface area contributed by atoms with Crippen molar-refractivity contribution in [3.8, 4) is 5.75 Å². The standard InChI is InChI=1S/C16H24N2O3/c1-11-9-18(10-12(2)21-11)13(3)16(19)17-14-7-5-6-8-15(14)20-4/h5-8,11-13H,9-10H2,1-4H3,(H,17,19)/p+1/t11-,12+,13-/m0/s1. The van der Waals surface area contributed by atoms with Crippen LogP contribution in [0, 0.1) is 0 Å². The molecule has 116 valence electrons. The number of para-hydroxylation sites is 2. The molecule has 0 aromatic heterocycles. The fourth-order valence-electron chi connectivity index (χ4n) is 2.84. The number of nitrogens with one attached hydrogen (secondary N) is 2. The Bertz CT molecular complexity index is 482. The maximum Gasteiger partial charge on any atom is 0.282 e. The molecule has 2 N–H and O–H groups in total. The molecule has 0 spiro atoms. The smallest absolute Gasteiger partial charge is 0.282 e. The molecule has 0 aliphatic carbocycles. The topological polar surface area (TPSA) is 52.0 Å². The van der Waals surface area contributed by atoms with Crippen molar-refractivity contribution in [3.63, 3.8) is 0 Å². The van der Waals surface area contributed by atoms with Crippen LogP contribution in [-0.4, -0.2) is 44.4 Å². The molecule has 5 nitrogen and oxygen atoms in total. The highest BCUT2D eigenvalue weighted by molar-refractivity contribution is 5.94. The van der Waals surface area contributed by atoms with E-state index in [2.05, 4.69) is 19.2 Å². The summed E-state index contributed by atoms with van der Waals surface area (Å²) in [4.78, 5) is 13.7. The van der Waals surface area contributed by atoms with E-state index in [1.165, 1.54) is 4.90 Å². The molecule has 0 radical (unpaired) electrons. The zero-order chi connectivity index (χ0) is 15.4. The first kappa shape index (κ1) is 15.8. The van der Waals surface area contributed by atoms with Gasteiger partial charge >= 0.3 is 0 Å². The number of quaternary nitrogens is 1. The first-order chi connectivity index (χ1) is 10.0. The first-order valence-electron chi connectivity index (χ1n) is 7.45. The summed E-state index contributed by atoms with van der Waals surface area (Å²) in [5, 5.41) is 2.96. The molecule has 1 heterocycles. The second-order valence-corrected chi connectivity index (χ2v) is 5.74. The zero-order valence-electron chi connectivity index (χ0n) is 13.2. The van der Waals surface area contributed by atoms with Crippen LogP contribution in [0.1, 0.15) is 20.8 Å². The molecular weight excluding hydrogens is 268 g/mol. The van der Waals surface area contributed by atoms with Gasteiger partial charge in [0.15, 0.2) is 6.04 Å². The Morgan fingerprint density at radius 1 is 1.33 bits per heavy atom. The number of rotatable bonds is 4. The van der Waals surface area contributed by atoms with Gasteiger partial charge in [0.25, 0.3) is 5.91 Å². The van der Waals surface area contributed by atoms with Crippen molar-refractivity contribution in [2.45, 2.75) is 39.0 Å². The van der Waals surface area contributed by atoms with Crippen LogP contribution in [0.4, 0.5) is 5.69 Å². The maximum atomic E-state index is 12.5. The lowest BCUT2D eigenvalue weighted by molar-refractivity contribution is -0.928. The van der Waals surface area contributed by atoms with Gasteiger partial charge in [0.05, 0.1) is 12.8 Å². The molecule has 1 aliphatic heterocycles. The predicted octanol–water partition coefficient (Wildman–Crippen LogP) is 0.714. The second kappa shape index (κ2) is 6.91. The highest BCUT2D eigenvalue weighted by atomic mass is 16.5. The van der Waals surface area contributed by atoms with E-state index in [4.69, 9.17) is 9.47 Å². The molecule has 4 atom stereocenters. The van der Waals surface area contributed by atoms with E-state index in [0.717, 1.165) is 13.1 Å². The van der Waals surface area contributed by atoms with E-state index in [1.54, 1.807) is 7.11 Å². The third-order valence-corrected chi connectivity index (χ3v) is 3.93. The number of ether oxygens (including phenoxy) is 2. The van der Waals surface area contributed by atoms with Gasteiger partial charge in [0, 0.05) is 0 Å². The Balaban J connectivity index is 2.02. The summed E-state index contributed by atoms with van der Waals surface area (Å²) in [5.41, 5.74) is 0.714. The highest BCUT2D eigenvalue weighted by Gasteiger charge is 2.33. The van der Waals surface area contributed by atoms with Gasteiger partial charge in [-0.1, -0.05) is 12.1 Å². The molecule has 1 fully saturated rings. The molecule has 1 unspecified atom stereocenters. The SMILES string of the molecule is COc1ccccc1NC(=O)[C@H](C)[NH+]1C[C@@H](C)O[C@@H](C)C1. The molecular formula is C16H25N2O3+. The molecule has 5 heteroatoms. The van der Waals surface area contributed by atoms with Gasteiger partial charge < -0.3 is 19.7 Å². The molecule has 21 heavy (non-hydrogen) atoms. The summed E-state index contributed by atoms with van der Waals surface area (Å²) in [6.07, 6.45) is 0.371. The Kier molecular flexibility index (Phi) is 5.20. The lowest BCUT2D eigenvalue weighted by atomic mass is 10.1. The summed E-state index contributed by atoms with van der Waals surface area (Å²) in [6.45, 7) is 7.78. The Labute approximate surface area is 126 Å². The Morgan fingerprint density at radius 2 is 1.95 bits per heavy atom. The molecule has 2 rings (SSSR count). The van der Waals surface area contributed by atoms with E-state index in [0.29, 0.717) is 11.4 Å². The molecule has 1 saturated heterocycles. The number of morpholine rings is 1. The number of carbonyl (C=O) groups excluding carboxylic acids is 1. The van der Waals surface area contributed by atoms with Gasteiger partial charge in [-0.25, -0.2) is 0 Å². The summed E-state index contributed by atoms with van der Waals surface area (Å²) < 4.78 is 11.0. The minimum atomic E-state index is -0.122. The van der Waals surface area contributed by atoms with Crippen LogP contribution in [-0.2, 0) is 9.53 Å². The second-order valence-electron chi connectivity index (χ2n) is 5.74. The largest absolute Gasteiger partial charge is 0.495 e. The van der Waals surface area contributed by atoms with Crippen molar-refractivity contribution in [2.24, 2.45) is 0 Å². The molecule has 1 aromatic rings. The number of hydrogen-bond donors (Lipinski definition) is 2. The molecule has 1 aromatic carbocycles. The van der Waals surface area contributed by atoms with E-state index in [-0.39, 0.29) is 24.2 Å². The van der Waals surface area contributed by atoms with Crippen LogP contribution in [0.25, 0.3) is 0 Å². The van der Waals surface area contributed by atoms with Crippen LogP contribution in [0.3, 0.4) is 0 Å². The van der Waals surface area contributed by atoms with Crippen molar-refractivity contribution in [1.29, 1.82) is 0 Å². The lowest BCUT2D eigenvalue weighted by Gasteiger charge is -2.35. The first-order valence-corrected chi connectivity index (χ1v) is 7.45. The van der Waals surface area contributed by atoms with Crippen LogP contribution < -0.4 is 15.0 Å². The summed E-state index contributed by atoms with van der Waals surface area (Å²) in [5.74, 6) is 0.688. The van der Waals surface area contributed by atoms with Crippen LogP contribution in [0.5, 0.6) is 5.75 Å². The van der Waals surface area contributed by atoms with Gasteiger partial charge in [0.2, 0.25) is 0 Å². The number of benzene rings is 1.